The first-order chi connectivity index (χ1) is 17.4. The van der Waals surface area contributed by atoms with Gasteiger partial charge in [0, 0.05) is 54.0 Å². The predicted octanol–water partition coefficient (Wildman–Crippen LogP) is 5.34. The molecule has 0 saturated heterocycles. The van der Waals surface area contributed by atoms with Crippen LogP contribution in [0.2, 0.25) is 10.0 Å². The molecule has 0 atom stereocenters. The highest BCUT2D eigenvalue weighted by molar-refractivity contribution is 6.33. The molecule has 1 aliphatic heterocycles. The summed E-state index contributed by atoms with van der Waals surface area (Å²) in [6.45, 7) is 7.26. The highest BCUT2D eigenvalue weighted by atomic mass is 35.5. The summed E-state index contributed by atoms with van der Waals surface area (Å²) in [6, 6.07) is 13.9. The van der Waals surface area contributed by atoms with Gasteiger partial charge in [0.15, 0.2) is 11.5 Å². The van der Waals surface area contributed by atoms with Gasteiger partial charge in [-0.25, -0.2) is 0 Å². The molecular formula is C26H28Cl2N6O2. The van der Waals surface area contributed by atoms with Gasteiger partial charge in [-0.15, -0.1) is 10.2 Å². The lowest BCUT2D eigenvalue weighted by Gasteiger charge is -2.31. The van der Waals surface area contributed by atoms with Gasteiger partial charge in [-0.1, -0.05) is 30.1 Å². The summed E-state index contributed by atoms with van der Waals surface area (Å²) in [6.07, 6.45) is 0.897. The number of aromatic nitrogens is 2. The third-order valence-corrected chi connectivity index (χ3v) is 6.55. The van der Waals surface area contributed by atoms with E-state index in [9.17, 15) is 9.59 Å². The quantitative estimate of drug-likeness (QED) is 0.411. The minimum Gasteiger partial charge on any atom is -0.365 e. The van der Waals surface area contributed by atoms with Gasteiger partial charge in [-0.2, -0.15) is 0 Å². The minimum absolute atomic E-state index is 0.0230. The van der Waals surface area contributed by atoms with Crippen molar-refractivity contribution in [2.45, 2.75) is 26.8 Å². The monoisotopic (exact) mass is 526 g/mol. The highest BCUT2D eigenvalue weighted by Crippen LogP contribution is 2.31. The van der Waals surface area contributed by atoms with E-state index in [2.05, 4.69) is 25.7 Å². The fourth-order valence-electron chi connectivity index (χ4n) is 4.07. The molecular weight excluding hydrogens is 499 g/mol. The van der Waals surface area contributed by atoms with Crippen LogP contribution in [0, 0.1) is 0 Å². The molecule has 0 spiro atoms. The number of fused-ring (bicyclic) bond motifs is 1. The summed E-state index contributed by atoms with van der Waals surface area (Å²) < 4.78 is 0. The van der Waals surface area contributed by atoms with Gasteiger partial charge in [-0.05, 0) is 67.4 Å². The Morgan fingerprint density at radius 3 is 2.58 bits per heavy atom. The lowest BCUT2D eigenvalue weighted by atomic mass is 10.1. The second-order valence-electron chi connectivity index (χ2n) is 8.46. The van der Waals surface area contributed by atoms with E-state index >= 15 is 0 Å². The van der Waals surface area contributed by atoms with Crippen LogP contribution < -0.4 is 15.5 Å². The first-order valence-corrected chi connectivity index (χ1v) is 12.7. The molecule has 2 N–H and O–H groups in total. The van der Waals surface area contributed by atoms with Gasteiger partial charge in [0.2, 0.25) is 0 Å². The molecule has 3 aromatic rings. The van der Waals surface area contributed by atoms with Crippen molar-refractivity contribution >= 4 is 52.2 Å². The summed E-state index contributed by atoms with van der Waals surface area (Å²) in [5.74, 6) is 0.188. The Balaban J connectivity index is 1.49. The number of hydrogen-bond acceptors (Lipinski definition) is 6. The Labute approximate surface area is 220 Å². The fourth-order valence-corrected chi connectivity index (χ4v) is 4.44. The number of carbonyl (C=O) groups excluding carboxylic acids is 2. The fraction of sp³-hybridized carbons (Fsp3) is 0.308. The molecule has 2 aromatic carbocycles. The zero-order valence-electron chi connectivity index (χ0n) is 20.2. The number of halogens is 2. The second-order valence-corrected chi connectivity index (χ2v) is 9.31. The zero-order chi connectivity index (χ0) is 25.7. The van der Waals surface area contributed by atoms with Crippen molar-refractivity contribution in [3.8, 4) is 0 Å². The van der Waals surface area contributed by atoms with Gasteiger partial charge in [0.25, 0.3) is 11.8 Å². The number of nitrogens with zero attached hydrogens (tertiary/aromatic N) is 4. The van der Waals surface area contributed by atoms with E-state index in [1.165, 1.54) is 0 Å². The zero-order valence-corrected chi connectivity index (χ0v) is 21.7. The molecule has 0 saturated carbocycles. The van der Waals surface area contributed by atoms with E-state index < -0.39 is 5.91 Å². The van der Waals surface area contributed by atoms with E-state index in [0.717, 1.165) is 17.7 Å². The van der Waals surface area contributed by atoms with Crippen molar-refractivity contribution in [3.63, 3.8) is 0 Å². The predicted molar refractivity (Wildman–Crippen MR) is 144 cm³/mol. The molecule has 4 rings (SSSR count). The van der Waals surface area contributed by atoms with Crippen LogP contribution in [0.15, 0.2) is 48.5 Å². The molecule has 0 aliphatic carbocycles. The van der Waals surface area contributed by atoms with Crippen LogP contribution in [0.3, 0.4) is 0 Å². The number of carbonyl (C=O) groups is 2. The average molecular weight is 527 g/mol. The molecule has 10 heteroatoms. The van der Waals surface area contributed by atoms with Crippen LogP contribution in [0.4, 0.5) is 17.2 Å². The van der Waals surface area contributed by atoms with E-state index in [0.29, 0.717) is 59.8 Å². The number of nitrogens with one attached hydrogen (secondary N) is 2. The molecule has 36 heavy (non-hydrogen) atoms. The Hall–Kier alpha value is -3.36. The molecule has 8 nitrogen and oxygen atoms in total. The van der Waals surface area contributed by atoms with E-state index in [4.69, 9.17) is 23.2 Å². The normalized spacial score (nSPS) is 12.5. The topological polar surface area (TPSA) is 90.5 Å². The van der Waals surface area contributed by atoms with Gasteiger partial charge in [-0.3, -0.25) is 9.59 Å². The molecule has 0 bridgehead atoms. The third-order valence-electron chi connectivity index (χ3n) is 5.94. The van der Waals surface area contributed by atoms with Gasteiger partial charge < -0.3 is 20.4 Å². The van der Waals surface area contributed by atoms with Crippen molar-refractivity contribution in [1.82, 2.24) is 15.1 Å². The van der Waals surface area contributed by atoms with Gasteiger partial charge >= 0.3 is 0 Å². The Morgan fingerprint density at radius 2 is 1.86 bits per heavy atom. The number of benzene rings is 2. The molecule has 0 fully saturated rings. The van der Waals surface area contributed by atoms with Crippen LogP contribution in [0.25, 0.3) is 0 Å². The van der Waals surface area contributed by atoms with Gasteiger partial charge in [0.1, 0.15) is 0 Å². The van der Waals surface area contributed by atoms with Crippen LogP contribution in [0.5, 0.6) is 0 Å². The number of hydrogen-bond donors (Lipinski definition) is 2. The number of anilines is 3. The Kier molecular flexibility index (Phi) is 8.28. The van der Waals surface area contributed by atoms with Gasteiger partial charge in [0.05, 0.1) is 5.69 Å². The smallest absolute Gasteiger partial charge is 0.276 e. The Bertz CT molecular complexity index is 1250. The Morgan fingerprint density at radius 1 is 1.08 bits per heavy atom. The standard InChI is InChI=1S/C26H28Cl2N6O2/c1-3-12-33(4-2)26(36)17-5-8-20(9-6-17)30-25(35)22-15-23-24(32-31-22)29-11-13-34(23)16-18-14-19(27)7-10-21(18)28/h5-10,14-15H,3-4,11-13,16H2,1-2H3,(H,29,32)(H,30,35). The average Bonchev–Trinajstić information content (AvgIpc) is 2.89. The first kappa shape index (κ1) is 25.7. The molecule has 0 unspecified atom stereocenters. The maximum absolute atomic E-state index is 13.0. The second kappa shape index (κ2) is 11.6. The molecule has 2 amide bonds. The van der Waals surface area contributed by atoms with E-state index in [-0.39, 0.29) is 11.6 Å². The summed E-state index contributed by atoms with van der Waals surface area (Å²) in [5, 5.41) is 15.6. The van der Waals surface area contributed by atoms with Crippen molar-refractivity contribution in [2.75, 3.05) is 41.7 Å². The molecule has 1 aromatic heterocycles. The summed E-state index contributed by atoms with van der Waals surface area (Å²) >= 11 is 12.5. The van der Waals surface area contributed by atoms with E-state index in [1.54, 1.807) is 47.4 Å². The highest BCUT2D eigenvalue weighted by Gasteiger charge is 2.22. The maximum atomic E-state index is 13.0. The van der Waals surface area contributed by atoms with Crippen LogP contribution in [-0.2, 0) is 6.54 Å². The van der Waals surface area contributed by atoms with Crippen LogP contribution >= 0.6 is 23.2 Å². The molecule has 2 heterocycles. The van der Waals surface area contributed by atoms with Crippen molar-refractivity contribution in [2.24, 2.45) is 0 Å². The lowest BCUT2D eigenvalue weighted by molar-refractivity contribution is 0.0764. The summed E-state index contributed by atoms with van der Waals surface area (Å²) in [4.78, 5) is 29.5. The minimum atomic E-state index is -0.392. The molecule has 188 valence electrons. The maximum Gasteiger partial charge on any atom is 0.276 e. The summed E-state index contributed by atoms with van der Waals surface area (Å²) in [7, 11) is 0. The first-order valence-electron chi connectivity index (χ1n) is 11.9. The lowest BCUT2D eigenvalue weighted by Crippen LogP contribution is -2.34. The van der Waals surface area contributed by atoms with Crippen molar-refractivity contribution in [3.05, 3.63) is 75.4 Å². The van der Waals surface area contributed by atoms with E-state index in [1.807, 2.05) is 19.9 Å². The molecule has 0 radical (unpaired) electrons. The number of amides is 2. The van der Waals surface area contributed by atoms with Crippen molar-refractivity contribution < 1.29 is 9.59 Å². The SMILES string of the molecule is CCCN(CC)C(=O)c1ccc(NC(=O)c2cc3c(nn2)NCCN3Cc2cc(Cl)ccc2Cl)cc1. The molecule has 1 aliphatic rings. The van der Waals surface area contributed by atoms with Crippen molar-refractivity contribution in [1.29, 1.82) is 0 Å². The van der Waals surface area contributed by atoms with Crippen LogP contribution in [-0.4, -0.2) is 53.1 Å². The third kappa shape index (κ3) is 5.88. The number of rotatable bonds is 8. The largest absolute Gasteiger partial charge is 0.365 e. The summed E-state index contributed by atoms with van der Waals surface area (Å²) in [5.41, 5.74) is 2.97. The van der Waals surface area contributed by atoms with Crippen LogP contribution in [0.1, 0.15) is 46.7 Å².